The van der Waals surface area contributed by atoms with Crippen LogP contribution in [0.2, 0.25) is 0 Å². The Morgan fingerprint density at radius 1 is 0.625 bits per heavy atom. The molecular formula is C47H88N2O6P+. The van der Waals surface area contributed by atoms with E-state index in [1.54, 1.807) is 6.08 Å². The molecule has 0 radical (unpaired) electrons. The minimum atomic E-state index is -4.35. The Morgan fingerprint density at radius 3 is 1.57 bits per heavy atom. The average molecular weight is 808 g/mol. The highest BCUT2D eigenvalue weighted by Gasteiger charge is 2.27. The van der Waals surface area contributed by atoms with Crippen molar-refractivity contribution in [2.24, 2.45) is 0 Å². The van der Waals surface area contributed by atoms with Gasteiger partial charge >= 0.3 is 7.82 Å². The summed E-state index contributed by atoms with van der Waals surface area (Å²) in [5.74, 6) is -0.219. The molecule has 0 aromatic heterocycles. The van der Waals surface area contributed by atoms with Gasteiger partial charge in [0.25, 0.3) is 0 Å². The van der Waals surface area contributed by atoms with Gasteiger partial charge in [-0.15, -0.1) is 0 Å². The molecule has 0 saturated heterocycles. The molecule has 3 N–H and O–H groups in total. The number of nitrogens with zero attached hydrogens (tertiary/aromatic N) is 1. The number of hydrogen-bond donors (Lipinski definition) is 3. The molecule has 326 valence electrons. The Kier molecular flexibility index (Phi) is 37.5. The highest BCUT2D eigenvalue weighted by Crippen LogP contribution is 2.43. The van der Waals surface area contributed by atoms with E-state index in [1.165, 1.54) is 96.3 Å². The van der Waals surface area contributed by atoms with E-state index in [0.717, 1.165) is 57.8 Å². The minimum Gasteiger partial charge on any atom is -0.387 e. The lowest BCUT2D eigenvalue weighted by atomic mass is 10.0. The fourth-order valence-corrected chi connectivity index (χ4v) is 6.88. The average Bonchev–Trinajstić information content (AvgIpc) is 3.15. The predicted molar refractivity (Wildman–Crippen MR) is 240 cm³/mol. The van der Waals surface area contributed by atoms with Crippen molar-refractivity contribution in [1.82, 2.24) is 5.32 Å². The predicted octanol–water partition coefficient (Wildman–Crippen LogP) is 12.6. The summed E-state index contributed by atoms with van der Waals surface area (Å²) in [7, 11) is 1.54. The van der Waals surface area contributed by atoms with Gasteiger partial charge in [0, 0.05) is 6.42 Å². The van der Waals surface area contributed by atoms with Crippen LogP contribution in [0, 0.1) is 0 Å². The van der Waals surface area contributed by atoms with Crippen molar-refractivity contribution < 1.29 is 32.9 Å². The van der Waals surface area contributed by atoms with Crippen LogP contribution in [-0.4, -0.2) is 73.4 Å². The van der Waals surface area contributed by atoms with E-state index in [1.807, 2.05) is 27.2 Å². The van der Waals surface area contributed by atoms with Gasteiger partial charge in [-0.25, -0.2) is 4.57 Å². The Morgan fingerprint density at radius 2 is 1.07 bits per heavy atom. The lowest BCUT2D eigenvalue weighted by molar-refractivity contribution is -0.870. The van der Waals surface area contributed by atoms with Crippen LogP contribution >= 0.6 is 7.82 Å². The van der Waals surface area contributed by atoms with Gasteiger partial charge in [0.1, 0.15) is 13.2 Å². The van der Waals surface area contributed by atoms with Crippen molar-refractivity contribution in [2.75, 3.05) is 40.9 Å². The molecular weight excluding hydrogens is 719 g/mol. The lowest BCUT2D eigenvalue weighted by Gasteiger charge is -2.25. The van der Waals surface area contributed by atoms with Gasteiger partial charge in [0.15, 0.2) is 0 Å². The summed E-state index contributed by atoms with van der Waals surface area (Å²) in [5.41, 5.74) is 0. The van der Waals surface area contributed by atoms with Crippen LogP contribution in [0.1, 0.15) is 181 Å². The molecule has 1 amide bonds. The normalized spacial score (nSPS) is 14.9. The van der Waals surface area contributed by atoms with Crippen LogP contribution in [-0.2, 0) is 18.4 Å². The zero-order chi connectivity index (χ0) is 41.4. The number of carbonyl (C=O) groups is 1. The van der Waals surface area contributed by atoms with Crippen LogP contribution in [0.4, 0.5) is 0 Å². The molecule has 9 heteroatoms. The standard InChI is InChI=1S/C47H87N2O6P/c1-6-8-10-12-14-16-18-20-22-23-24-25-27-28-30-32-34-36-38-40-46(50)45(44-55-56(52,53)54-43-42-49(3,4)5)48-47(51)41-39-37-35-33-31-29-26-21-19-17-15-13-11-9-7-2/h9,11,15,17,21,26,31,33,38,40,45-46,50H,6-8,10,12-14,16,18-20,22-25,27-30,32,34-37,39,41-44H2,1-5H3,(H-,48,51,52,53)/p+1/b11-9-,17-15-,26-21-,33-31-,40-38+. The monoisotopic (exact) mass is 808 g/mol. The molecule has 3 atom stereocenters. The number of amides is 1. The molecule has 0 aliphatic carbocycles. The van der Waals surface area contributed by atoms with Crippen LogP contribution in [0.15, 0.2) is 60.8 Å². The third-order valence-electron chi connectivity index (χ3n) is 9.74. The first-order valence-electron chi connectivity index (χ1n) is 22.7. The number of quaternary nitrogens is 1. The van der Waals surface area contributed by atoms with E-state index in [4.69, 9.17) is 9.05 Å². The maximum atomic E-state index is 12.8. The van der Waals surface area contributed by atoms with Gasteiger partial charge in [-0.3, -0.25) is 13.8 Å². The summed E-state index contributed by atoms with van der Waals surface area (Å²) < 4.78 is 23.5. The van der Waals surface area contributed by atoms with Gasteiger partial charge < -0.3 is 19.8 Å². The fourth-order valence-electron chi connectivity index (χ4n) is 6.15. The zero-order valence-electron chi connectivity index (χ0n) is 36.9. The number of aliphatic hydroxyl groups is 1. The first-order valence-corrected chi connectivity index (χ1v) is 24.2. The molecule has 0 aromatic carbocycles. The molecule has 3 unspecified atom stereocenters. The van der Waals surface area contributed by atoms with E-state index >= 15 is 0 Å². The number of phosphoric acid groups is 1. The maximum Gasteiger partial charge on any atom is 0.472 e. The smallest absolute Gasteiger partial charge is 0.387 e. The van der Waals surface area contributed by atoms with Gasteiger partial charge in [0.05, 0.1) is 39.9 Å². The Labute approximate surface area is 345 Å². The molecule has 0 spiro atoms. The van der Waals surface area contributed by atoms with Gasteiger partial charge in [0.2, 0.25) is 5.91 Å². The molecule has 0 aliphatic rings. The summed E-state index contributed by atoms with van der Waals surface area (Å²) in [6, 6.07) is -0.869. The third kappa shape index (κ3) is 40.4. The topological polar surface area (TPSA) is 105 Å². The minimum absolute atomic E-state index is 0.0510. The number of rotatable bonds is 40. The Hall–Kier alpha value is -1.80. The summed E-state index contributed by atoms with van der Waals surface area (Å²) in [5, 5.41) is 13.8. The van der Waals surface area contributed by atoms with E-state index in [9.17, 15) is 19.4 Å². The number of allylic oxidation sites excluding steroid dienone is 9. The molecule has 0 fully saturated rings. The molecule has 0 aliphatic heterocycles. The fraction of sp³-hybridized carbons (Fsp3) is 0.766. The largest absolute Gasteiger partial charge is 0.472 e. The number of aliphatic hydroxyl groups excluding tert-OH is 1. The van der Waals surface area contributed by atoms with Gasteiger partial charge in [-0.2, -0.15) is 0 Å². The van der Waals surface area contributed by atoms with Crippen molar-refractivity contribution in [2.45, 2.75) is 193 Å². The van der Waals surface area contributed by atoms with E-state index in [0.29, 0.717) is 23.9 Å². The first-order chi connectivity index (χ1) is 27.0. The number of carbonyl (C=O) groups excluding carboxylic acids is 1. The molecule has 0 bridgehead atoms. The Bertz CT molecular complexity index is 1100. The third-order valence-corrected chi connectivity index (χ3v) is 10.7. The quantitative estimate of drug-likeness (QED) is 0.0246. The van der Waals surface area contributed by atoms with Gasteiger partial charge in [-0.1, -0.05) is 177 Å². The lowest BCUT2D eigenvalue weighted by Crippen LogP contribution is -2.45. The summed E-state index contributed by atoms with van der Waals surface area (Å²) in [6.45, 7) is 4.66. The summed E-state index contributed by atoms with van der Waals surface area (Å²) >= 11 is 0. The van der Waals surface area contributed by atoms with Crippen LogP contribution in [0.25, 0.3) is 0 Å². The number of phosphoric ester groups is 1. The van der Waals surface area contributed by atoms with E-state index in [2.05, 4.69) is 67.8 Å². The second-order valence-electron chi connectivity index (χ2n) is 16.4. The van der Waals surface area contributed by atoms with Gasteiger partial charge in [-0.05, 0) is 57.8 Å². The van der Waals surface area contributed by atoms with Crippen molar-refractivity contribution in [3.63, 3.8) is 0 Å². The molecule has 0 saturated carbocycles. The summed E-state index contributed by atoms with van der Waals surface area (Å²) in [6.07, 6.45) is 50.1. The molecule has 56 heavy (non-hydrogen) atoms. The van der Waals surface area contributed by atoms with Crippen molar-refractivity contribution in [3.05, 3.63) is 60.8 Å². The molecule has 0 aromatic rings. The zero-order valence-corrected chi connectivity index (χ0v) is 37.8. The van der Waals surface area contributed by atoms with Crippen molar-refractivity contribution >= 4 is 13.7 Å². The highest BCUT2D eigenvalue weighted by atomic mass is 31.2. The number of likely N-dealkylation sites (N-methyl/N-ethyl adjacent to an activating group) is 1. The molecule has 0 rings (SSSR count). The van der Waals surface area contributed by atoms with E-state index in [-0.39, 0.29) is 19.1 Å². The van der Waals surface area contributed by atoms with Crippen molar-refractivity contribution in [1.29, 1.82) is 0 Å². The van der Waals surface area contributed by atoms with Crippen molar-refractivity contribution in [3.8, 4) is 0 Å². The first kappa shape index (κ1) is 54.2. The number of unbranched alkanes of at least 4 members (excludes halogenated alkanes) is 19. The summed E-state index contributed by atoms with van der Waals surface area (Å²) in [4.78, 5) is 23.1. The maximum absolute atomic E-state index is 12.8. The van der Waals surface area contributed by atoms with Crippen LogP contribution in [0.3, 0.4) is 0 Å². The second-order valence-corrected chi connectivity index (χ2v) is 17.9. The van der Waals surface area contributed by atoms with Crippen LogP contribution in [0.5, 0.6) is 0 Å². The number of hydrogen-bond acceptors (Lipinski definition) is 5. The second kappa shape index (κ2) is 38.7. The number of nitrogens with one attached hydrogen (secondary N) is 1. The molecule has 0 heterocycles. The Balaban J connectivity index is 4.48. The van der Waals surface area contributed by atoms with Crippen LogP contribution < -0.4 is 5.32 Å². The SMILES string of the molecule is CC/C=C\C/C=C\C/C=C\C/C=C\CCCCC(=O)NC(COP(=O)(O)OCC[N+](C)(C)C)C(O)/C=C/CCCCCCCCCCCCCCCCCCC. The highest BCUT2D eigenvalue weighted by molar-refractivity contribution is 7.47. The van der Waals surface area contributed by atoms with E-state index < -0.39 is 20.0 Å². The molecule has 8 nitrogen and oxygen atoms in total.